The number of rotatable bonds is 3. The minimum atomic E-state index is -0.181. The molecule has 2 fully saturated rings. The number of benzene rings is 1. The lowest BCUT2D eigenvalue weighted by Gasteiger charge is -2.33. The van der Waals surface area contributed by atoms with E-state index in [9.17, 15) is 14.4 Å². The molecule has 2 heterocycles. The predicted molar refractivity (Wildman–Crippen MR) is 84.9 cm³/mol. The van der Waals surface area contributed by atoms with Crippen molar-refractivity contribution in [3.63, 3.8) is 0 Å². The highest BCUT2D eigenvalue weighted by molar-refractivity contribution is 5.96. The third kappa shape index (κ3) is 3.44. The van der Waals surface area contributed by atoms with E-state index in [-0.39, 0.29) is 18.0 Å². The van der Waals surface area contributed by atoms with E-state index in [1.165, 1.54) is 0 Å². The number of urea groups is 1. The first-order valence-electron chi connectivity index (χ1n) is 7.77. The number of carbonyl (C=O) groups excluding carboxylic acids is 3. The molecule has 0 aliphatic carbocycles. The lowest BCUT2D eigenvalue weighted by Crippen LogP contribution is -2.53. The summed E-state index contributed by atoms with van der Waals surface area (Å²) in [5, 5.41) is 2.93. The quantitative estimate of drug-likeness (QED) is 0.814. The van der Waals surface area contributed by atoms with Gasteiger partial charge in [0.05, 0.1) is 6.04 Å². The van der Waals surface area contributed by atoms with Crippen molar-refractivity contribution in [1.29, 1.82) is 0 Å². The molecule has 4 amide bonds. The molecule has 1 aromatic rings. The van der Waals surface area contributed by atoms with Gasteiger partial charge in [-0.3, -0.25) is 9.59 Å². The molecule has 0 saturated carbocycles. The SMILES string of the molecule is O=CN1CCN(C(=O)N[C@@H]2CC(=O)N(c3ccccc3)C2)CC1. The van der Waals surface area contributed by atoms with Crippen LogP contribution in [0.15, 0.2) is 30.3 Å². The molecule has 7 nitrogen and oxygen atoms in total. The van der Waals surface area contributed by atoms with Gasteiger partial charge >= 0.3 is 6.03 Å². The second-order valence-corrected chi connectivity index (χ2v) is 5.82. The van der Waals surface area contributed by atoms with Crippen LogP contribution in [0.2, 0.25) is 0 Å². The number of anilines is 1. The van der Waals surface area contributed by atoms with Crippen molar-refractivity contribution in [3.8, 4) is 0 Å². The highest BCUT2D eigenvalue weighted by atomic mass is 16.2. The fraction of sp³-hybridized carbons (Fsp3) is 0.438. The average molecular weight is 316 g/mol. The molecule has 0 bridgehead atoms. The smallest absolute Gasteiger partial charge is 0.317 e. The van der Waals surface area contributed by atoms with Crippen LogP contribution in [0, 0.1) is 0 Å². The predicted octanol–water partition coefficient (Wildman–Crippen LogP) is 0.275. The van der Waals surface area contributed by atoms with Gasteiger partial charge < -0.3 is 20.0 Å². The molecule has 1 atom stereocenters. The second kappa shape index (κ2) is 6.68. The Labute approximate surface area is 134 Å². The second-order valence-electron chi connectivity index (χ2n) is 5.82. The molecule has 0 unspecified atom stereocenters. The van der Waals surface area contributed by atoms with E-state index < -0.39 is 0 Å². The highest BCUT2D eigenvalue weighted by Gasteiger charge is 2.32. The Balaban J connectivity index is 1.54. The molecular formula is C16H20N4O3. The van der Waals surface area contributed by atoms with Gasteiger partial charge in [-0.2, -0.15) is 0 Å². The Kier molecular flexibility index (Phi) is 4.45. The molecule has 3 rings (SSSR count). The summed E-state index contributed by atoms with van der Waals surface area (Å²) in [6, 6.07) is 9.12. The van der Waals surface area contributed by atoms with E-state index in [2.05, 4.69) is 5.32 Å². The Hall–Kier alpha value is -2.57. The van der Waals surface area contributed by atoms with Crippen molar-refractivity contribution in [2.75, 3.05) is 37.6 Å². The Morgan fingerprint density at radius 2 is 1.83 bits per heavy atom. The van der Waals surface area contributed by atoms with Crippen LogP contribution in [0.5, 0.6) is 0 Å². The summed E-state index contributed by atoms with van der Waals surface area (Å²) < 4.78 is 0. The van der Waals surface area contributed by atoms with Crippen molar-refractivity contribution in [2.24, 2.45) is 0 Å². The van der Waals surface area contributed by atoms with Gasteiger partial charge in [-0.05, 0) is 12.1 Å². The van der Waals surface area contributed by atoms with E-state index >= 15 is 0 Å². The molecular weight excluding hydrogens is 296 g/mol. The zero-order chi connectivity index (χ0) is 16.2. The average Bonchev–Trinajstić information content (AvgIpc) is 2.96. The number of piperazine rings is 1. The zero-order valence-corrected chi connectivity index (χ0v) is 12.9. The maximum Gasteiger partial charge on any atom is 0.317 e. The lowest BCUT2D eigenvalue weighted by molar-refractivity contribution is -0.119. The molecule has 2 aliphatic heterocycles. The third-order valence-electron chi connectivity index (χ3n) is 4.27. The fourth-order valence-corrected chi connectivity index (χ4v) is 2.96. The molecule has 2 aliphatic rings. The Morgan fingerprint density at radius 1 is 1.13 bits per heavy atom. The van der Waals surface area contributed by atoms with Gasteiger partial charge in [-0.25, -0.2) is 4.79 Å². The summed E-state index contributed by atoms with van der Waals surface area (Å²) in [4.78, 5) is 40.1. The normalized spacial score (nSPS) is 21.5. The van der Waals surface area contributed by atoms with Crippen LogP contribution in [-0.2, 0) is 9.59 Å². The maximum atomic E-state index is 12.3. The van der Waals surface area contributed by atoms with Crippen LogP contribution in [0.1, 0.15) is 6.42 Å². The molecule has 7 heteroatoms. The van der Waals surface area contributed by atoms with Gasteiger partial charge in [0.1, 0.15) is 0 Å². The van der Waals surface area contributed by atoms with E-state index in [4.69, 9.17) is 0 Å². The van der Waals surface area contributed by atoms with Crippen molar-refractivity contribution >= 4 is 24.0 Å². The number of amides is 4. The van der Waals surface area contributed by atoms with E-state index in [0.29, 0.717) is 39.1 Å². The fourth-order valence-electron chi connectivity index (χ4n) is 2.96. The van der Waals surface area contributed by atoms with Crippen LogP contribution in [-0.4, -0.2) is 66.9 Å². The van der Waals surface area contributed by atoms with Crippen LogP contribution < -0.4 is 10.2 Å². The first kappa shape index (κ1) is 15.3. The molecule has 1 N–H and O–H groups in total. The number of nitrogens with one attached hydrogen (secondary N) is 1. The van der Waals surface area contributed by atoms with Gasteiger partial charge in [0.2, 0.25) is 12.3 Å². The minimum Gasteiger partial charge on any atom is -0.342 e. The van der Waals surface area contributed by atoms with Gasteiger partial charge in [0.15, 0.2) is 0 Å². The van der Waals surface area contributed by atoms with Crippen LogP contribution in [0.3, 0.4) is 0 Å². The summed E-state index contributed by atoms with van der Waals surface area (Å²) in [6.45, 7) is 2.64. The largest absolute Gasteiger partial charge is 0.342 e. The van der Waals surface area contributed by atoms with Crippen molar-refractivity contribution in [1.82, 2.24) is 15.1 Å². The van der Waals surface area contributed by atoms with Gasteiger partial charge in [0, 0.05) is 44.8 Å². The summed E-state index contributed by atoms with van der Waals surface area (Å²) >= 11 is 0. The van der Waals surface area contributed by atoms with Crippen LogP contribution >= 0.6 is 0 Å². The van der Waals surface area contributed by atoms with Crippen molar-refractivity contribution in [3.05, 3.63) is 30.3 Å². The maximum absolute atomic E-state index is 12.3. The van der Waals surface area contributed by atoms with Crippen LogP contribution in [0.25, 0.3) is 0 Å². The minimum absolute atomic E-state index is 0.0206. The lowest BCUT2D eigenvalue weighted by atomic mass is 10.2. The number of carbonyl (C=O) groups is 3. The van der Waals surface area contributed by atoms with Gasteiger partial charge in [-0.15, -0.1) is 0 Å². The number of nitrogens with zero attached hydrogens (tertiary/aromatic N) is 3. The molecule has 0 aromatic heterocycles. The standard InChI is InChI=1S/C16H20N4O3/c21-12-18-6-8-19(9-7-18)16(23)17-13-10-15(22)20(11-13)14-4-2-1-3-5-14/h1-5,12-13H,6-11H2,(H,17,23)/t13-/m1/s1. The van der Waals surface area contributed by atoms with Crippen LogP contribution in [0.4, 0.5) is 10.5 Å². The molecule has 122 valence electrons. The number of hydrogen-bond acceptors (Lipinski definition) is 3. The summed E-state index contributed by atoms with van der Waals surface area (Å²) in [7, 11) is 0. The first-order valence-corrected chi connectivity index (χ1v) is 7.77. The zero-order valence-electron chi connectivity index (χ0n) is 12.9. The molecule has 0 spiro atoms. The first-order chi connectivity index (χ1) is 11.2. The molecule has 1 aromatic carbocycles. The van der Waals surface area contributed by atoms with E-state index in [1.807, 2.05) is 30.3 Å². The molecule has 2 saturated heterocycles. The van der Waals surface area contributed by atoms with E-state index in [1.54, 1.807) is 14.7 Å². The van der Waals surface area contributed by atoms with Crippen molar-refractivity contribution in [2.45, 2.75) is 12.5 Å². The highest BCUT2D eigenvalue weighted by Crippen LogP contribution is 2.21. The van der Waals surface area contributed by atoms with Crippen molar-refractivity contribution < 1.29 is 14.4 Å². The monoisotopic (exact) mass is 316 g/mol. The topological polar surface area (TPSA) is 73.0 Å². The molecule has 23 heavy (non-hydrogen) atoms. The van der Waals surface area contributed by atoms with Gasteiger partial charge in [-0.1, -0.05) is 18.2 Å². The Bertz CT molecular complexity index is 584. The Morgan fingerprint density at radius 3 is 2.48 bits per heavy atom. The molecule has 0 radical (unpaired) electrons. The summed E-state index contributed by atoms with van der Waals surface area (Å²) in [5.41, 5.74) is 0.855. The van der Waals surface area contributed by atoms with Gasteiger partial charge in [0.25, 0.3) is 0 Å². The summed E-state index contributed by atoms with van der Waals surface area (Å²) in [6.07, 6.45) is 1.12. The number of para-hydroxylation sites is 1. The van der Waals surface area contributed by atoms with E-state index in [0.717, 1.165) is 12.1 Å². The summed E-state index contributed by atoms with van der Waals surface area (Å²) in [5.74, 6) is 0.0206. The third-order valence-corrected chi connectivity index (χ3v) is 4.27. The number of hydrogen-bond donors (Lipinski definition) is 1.